The van der Waals surface area contributed by atoms with E-state index < -0.39 is 76.2 Å². The Kier molecular flexibility index (Phi) is 8.16. The second-order valence-corrected chi connectivity index (χ2v) is 12.6. The number of anilines is 2. The molecular weight excluding hydrogens is 574 g/mol. The lowest BCUT2D eigenvalue weighted by molar-refractivity contribution is -0.198. The Morgan fingerprint density at radius 1 is 1.11 bits per heavy atom. The first kappa shape index (κ1) is 31.7. The van der Waals surface area contributed by atoms with E-state index in [0.29, 0.717) is 11.3 Å². The van der Waals surface area contributed by atoms with E-state index in [1.54, 1.807) is 25.1 Å². The molecule has 14 heteroatoms. The predicted octanol–water partition coefficient (Wildman–Crippen LogP) is -1.41. The van der Waals surface area contributed by atoms with E-state index in [4.69, 9.17) is 10.5 Å². The standard InChI is InChI=1S/C30H39N5O9/c1-33(2)16-11-15(32-17(36)12-35-8-6-7-9-35)23(37)18-13(16)10-14-19(24(18)38)27(40)30(43)21(26(14)44-5)22(34(3)4)25(39)20(28(30)41)29(31)42/h11,14,19-22,26,37,43H,6-10,12H2,1-5H3,(H2,31,42)(H,32,36)/t14-,19?,20?,21-,22+,26+,30+/m1/s1. The first-order valence-corrected chi connectivity index (χ1v) is 14.6. The highest BCUT2D eigenvalue weighted by atomic mass is 16.5. The van der Waals surface area contributed by atoms with Crippen molar-refractivity contribution in [2.75, 3.05) is 65.2 Å². The number of hydrogen-bond donors (Lipinski definition) is 4. The van der Waals surface area contributed by atoms with Gasteiger partial charge in [0.05, 0.1) is 41.8 Å². The number of aliphatic hydroxyl groups is 1. The van der Waals surface area contributed by atoms with Gasteiger partial charge in [-0.2, -0.15) is 0 Å². The summed E-state index contributed by atoms with van der Waals surface area (Å²) in [5, 5.41) is 26.0. The number of phenolic OH excluding ortho intramolecular Hbond substituents is 1. The Hall–Kier alpha value is -3.72. The third-order valence-corrected chi connectivity index (χ3v) is 9.69. The van der Waals surface area contributed by atoms with Gasteiger partial charge in [-0.25, -0.2) is 0 Å². The van der Waals surface area contributed by atoms with E-state index in [0.717, 1.165) is 25.9 Å². The van der Waals surface area contributed by atoms with Crippen LogP contribution in [0.3, 0.4) is 0 Å². The third-order valence-electron chi connectivity index (χ3n) is 9.69. The van der Waals surface area contributed by atoms with Crippen LogP contribution in [0.4, 0.5) is 11.4 Å². The van der Waals surface area contributed by atoms with Crippen LogP contribution >= 0.6 is 0 Å². The lowest BCUT2D eigenvalue weighted by Gasteiger charge is -2.55. The minimum Gasteiger partial charge on any atom is -0.505 e. The molecule has 7 atom stereocenters. The van der Waals surface area contributed by atoms with Gasteiger partial charge in [-0.05, 0) is 58.1 Å². The van der Waals surface area contributed by atoms with Gasteiger partial charge in [0.1, 0.15) is 5.75 Å². The second kappa shape index (κ2) is 11.3. The minimum atomic E-state index is -2.95. The van der Waals surface area contributed by atoms with E-state index in [1.807, 2.05) is 4.90 Å². The molecule has 4 aliphatic rings. The number of phenols is 1. The number of amides is 2. The maximum Gasteiger partial charge on any atom is 0.238 e. The van der Waals surface area contributed by atoms with Gasteiger partial charge in [-0.1, -0.05) is 0 Å². The van der Waals surface area contributed by atoms with Crippen LogP contribution in [-0.4, -0.2) is 128 Å². The Balaban J connectivity index is 1.63. The highest BCUT2D eigenvalue weighted by Crippen LogP contribution is 2.53. The van der Waals surface area contributed by atoms with Crippen LogP contribution in [0.1, 0.15) is 28.8 Å². The van der Waals surface area contributed by atoms with Crippen molar-refractivity contribution in [1.29, 1.82) is 0 Å². The van der Waals surface area contributed by atoms with Gasteiger partial charge in [0, 0.05) is 32.8 Å². The summed E-state index contributed by atoms with van der Waals surface area (Å²) in [6.45, 7) is 1.65. The number of likely N-dealkylation sites (N-methyl/N-ethyl adjacent to an activating group) is 1. The molecule has 44 heavy (non-hydrogen) atoms. The number of aromatic hydroxyl groups is 1. The summed E-state index contributed by atoms with van der Waals surface area (Å²) >= 11 is 0. The number of carbonyl (C=O) groups is 6. The lowest BCUT2D eigenvalue weighted by atomic mass is 9.51. The van der Waals surface area contributed by atoms with Crippen LogP contribution in [-0.2, 0) is 35.1 Å². The first-order valence-electron chi connectivity index (χ1n) is 14.6. The second-order valence-electron chi connectivity index (χ2n) is 12.6. The van der Waals surface area contributed by atoms with Crippen molar-refractivity contribution >= 4 is 46.3 Å². The molecule has 0 spiro atoms. The number of likely N-dealkylation sites (tertiary alicyclic amines) is 1. The van der Waals surface area contributed by atoms with Crippen LogP contribution in [0.2, 0.25) is 0 Å². The van der Waals surface area contributed by atoms with Crippen molar-refractivity contribution in [3.63, 3.8) is 0 Å². The van der Waals surface area contributed by atoms with Crippen LogP contribution < -0.4 is 16.0 Å². The monoisotopic (exact) mass is 613 g/mol. The number of fused-ring (bicyclic) bond motifs is 3. The number of nitrogens with one attached hydrogen (secondary N) is 1. The van der Waals surface area contributed by atoms with E-state index in [-0.39, 0.29) is 30.1 Å². The van der Waals surface area contributed by atoms with Crippen LogP contribution in [0, 0.1) is 23.7 Å². The molecule has 1 saturated heterocycles. The van der Waals surface area contributed by atoms with Gasteiger partial charge in [0.2, 0.25) is 11.8 Å². The van der Waals surface area contributed by atoms with Crippen molar-refractivity contribution in [1.82, 2.24) is 9.80 Å². The molecule has 0 bridgehead atoms. The van der Waals surface area contributed by atoms with Gasteiger partial charge in [-0.15, -0.1) is 0 Å². The van der Waals surface area contributed by atoms with E-state index in [2.05, 4.69) is 5.32 Å². The SMILES string of the molecule is CO[C@@H]1[C@H]2[C@H](N(C)C)C(=O)C(C(N)=O)C(=O)[C@@]2(O)C(=O)C2C(=O)c3c(O)c(NC(=O)CN4CCCC4)cc(N(C)C)c3C[C@H]21. The fourth-order valence-electron chi connectivity index (χ4n) is 7.78. The van der Waals surface area contributed by atoms with E-state index in [1.165, 1.54) is 26.1 Å². The number of Topliss-reactive ketones (excluding diaryl/α,β-unsaturated/α-hetero) is 4. The average Bonchev–Trinajstić information content (AvgIpc) is 3.44. The molecule has 0 radical (unpaired) electrons. The Bertz CT molecular complexity index is 1450. The predicted molar refractivity (Wildman–Crippen MR) is 156 cm³/mol. The minimum absolute atomic E-state index is 0.00736. The summed E-state index contributed by atoms with van der Waals surface area (Å²) in [6, 6.07) is 0.247. The van der Waals surface area contributed by atoms with Crippen molar-refractivity contribution in [2.45, 2.75) is 37.0 Å². The van der Waals surface area contributed by atoms with Gasteiger partial charge < -0.3 is 30.9 Å². The molecule has 1 heterocycles. The molecule has 14 nitrogen and oxygen atoms in total. The first-order chi connectivity index (χ1) is 20.7. The highest BCUT2D eigenvalue weighted by molar-refractivity contribution is 6.32. The summed E-state index contributed by atoms with van der Waals surface area (Å²) in [5.74, 6) is -12.7. The third kappa shape index (κ3) is 4.62. The van der Waals surface area contributed by atoms with Crippen molar-refractivity contribution in [3.05, 3.63) is 17.2 Å². The average molecular weight is 614 g/mol. The zero-order chi connectivity index (χ0) is 32.4. The molecule has 2 amide bonds. The number of ether oxygens (including phenoxy) is 1. The van der Waals surface area contributed by atoms with Gasteiger partial charge in [0.15, 0.2) is 34.7 Å². The molecule has 3 fully saturated rings. The largest absolute Gasteiger partial charge is 0.505 e. The fraction of sp³-hybridized carbons (Fsp3) is 0.600. The molecular formula is C30H39N5O9. The van der Waals surface area contributed by atoms with Gasteiger partial charge >= 0.3 is 0 Å². The van der Waals surface area contributed by atoms with Crippen LogP contribution in [0.25, 0.3) is 0 Å². The van der Waals surface area contributed by atoms with Crippen molar-refractivity contribution < 1.29 is 43.7 Å². The number of benzene rings is 1. The summed E-state index contributed by atoms with van der Waals surface area (Å²) in [4.78, 5) is 85.8. The van der Waals surface area contributed by atoms with Crippen molar-refractivity contribution in [3.8, 4) is 5.75 Å². The number of ketones is 4. The molecule has 1 aliphatic heterocycles. The molecule has 238 valence electrons. The number of carbonyl (C=O) groups excluding carboxylic acids is 6. The van der Waals surface area contributed by atoms with Crippen LogP contribution in [0.5, 0.6) is 5.75 Å². The summed E-state index contributed by atoms with van der Waals surface area (Å²) in [6.07, 6.45) is 0.809. The van der Waals surface area contributed by atoms with Crippen molar-refractivity contribution in [2.24, 2.45) is 29.4 Å². The molecule has 3 aliphatic carbocycles. The Morgan fingerprint density at radius 2 is 1.75 bits per heavy atom. The topological polar surface area (TPSA) is 200 Å². The molecule has 0 aromatic heterocycles. The summed E-state index contributed by atoms with van der Waals surface area (Å²) in [5.41, 5.74) is 3.11. The maximum absolute atomic E-state index is 14.3. The molecule has 2 unspecified atom stereocenters. The smallest absolute Gasteiger partial charge is 0.238 e. The molecule has 1 aromatic rings. The zero-order valence-corrected chi connectivity index (χ0v) is 25.5. The summed E-state index contributed by atoms with van der Waals surface area (Å²) < 4.78 is 5.80. The number of nitrogens with zero attached hydrogens (tertiary/aromatic N) is 3. The molecule has 5 N–H and O–H groups in total. The molecule has 5 rings (SSSR count). The fourth-order valence-corrected chi connectivity index (χ4v) is 7.78. The van der Waals surface area contributed by atoms with E-state index >= 15 is 0 Å². The van der Waals surface area contributed by atoms with Crippen LogP contribution in [0.15, 0.2) is 6.07 Å². The number of nitrogens with two attached hydrogens (primary N) is 1. The Morgan fingerprint density at radius 3 is 2.30 bits per heavy atom. The van der Waals surface area contributed by atoms with E-state index in [9.17, 15) is 39.0 Å². The Labute approximate surface area is 254 Å². The van der Waals surface area contributed by atoms with Gasteiger partial charge in [-0.3, -0.25) is 38.6 Å². The number of rotatable bonds is 7. The lowest BCUT2D eigenvalue weighted by Crippen LogP contribution is -2.77. The number of primary amides is 1. The zero-order valence-electron chi connectivity index (χ0n) is 25.5. The quantitative estimate of drug-likeness (QED) is 0.207. The maximum atomic E-state index is 14.3. The number of methoxy groups -OCH3 is 1. The normalized spacial score (nSPS) is 31.9. The number of hydrogen-bond acceptors (Lipinski definition) is 12. The molecule has 2 saturated carbocycles. The van der Waals surface area contributed by atoms with Gasteiger partial charge in [0.25, 0.3) is 0 Å². The molecule has 1 aromatic carbocycles. The highest BCUT2D eigenvalue weighted by Gasteiger charge is 2.72. The summed E-state index contributed by atoms with van der Waals surface area (Å²) in [7, 11) is 7.75.